The zero-order valence-corrected chi connectivity index (χ0v) is 17.8. The van der Waals surface area contributed by atoms with Crippen molar-refractivity contribution in [1.29, 1.82) is 0 Å². The lowest BCUT2D eigenvalue weighted by atomic mass is 10.1. The van der Waals surface area contributed by atoms with E-state index < -0.39 is 24.4 Å². The minimum absolute atomic E-state index is 0.292. The van der Waals surface area contributed by atoms with Gasteiger partial charge in [-0.2, -0.15) is 0 Å². The molecule has 0 saturated heterocycles. The van der Waals surface area contributed by atoms with Gasteiger partial charge >= 0.3 is 5.97 Å². The Morgan fingerprint density at radius 3 is 2.61 bits per heavy atom. The van der Waals surface area contributed by atoms with Gasteiger partial charge in [0.2, 0.25) is 0 Å². The second kappa shape index (κ2) is 8.69. The van der Waals surface area contributed by atoms with E-state index in [1.54, 1.807) is 19.1 Å². The van der Waals surface area contributed by atoms with Crippen molar-refractivity contribution in [2.75, 3.05) is 11.9 Å². The minimum atomic E-state index is -0.636. The molecule has 1 aliphatic rings. The smallest absolute Gasteiger partial charge is 0.340 e. The van der Waals surface area contributed by atoms with Gasteiger partial charge < -0.3 is 15.8 Å². The van der Waals surface area contributed by atoms with Crippen molar-refractivity contribution in [2.45, 2.75) is 26.2 Å². The van der Waals surface area contributed by atoms with Gasteiger partial charge in [0.25, 0.3) is 11.8 Å². The van der Waals surface area contributed by atoms with Crippen LogP contribution in [-0.2, 0) is 22.4 Å². The van der Waals surface area contributed by atoms with Gasteiger partial charge in [0, 0.05) is 10.4 Å². The number of nitrogens with two attached hydrogens (primary N) is 1. The van der Waals surface area contributed by atoms with E-state index in [9.17, 15) is 14.4 Å². The molecule has 3 N–H and O–H groups in total. The number of carbonyl (C=O) groups is 3. The highest BCUT2D eigenvalue weighted by atomic mass is 32.1. The van der Waals surface area contributed by atoms with Crippen LogP contribution in [0.2, 0.25) is 0 Å². The molecule has 0 spiro atoms. The maximum absolute atomic E-state index is 12.4. The van der Waals surface area contributed by atoms with Gasteiger partial charge in [-0.15, -0.1) is 11.3 Å². The summed E-state index contributed by atoms with van der Waals surface area (Å²) in [6.45, 7) is 1.24. The zero-order chi connectivity index (χ0) is 22.0. The van der Waals surface area contributed by atoms with E-state index in [1.807, 2.05) is 30.3 Å². The number of nitrogens with zero attached hydrogens (tertiary/aromatic N) is 1. The van der Waals surface area contributed by atoms with Crippen molar-refractivity contribution in [3.8, 4) is 11.3 Å². The number of rotatable bonds is 6. The van der Waals surface area contributed by atoms with Crippen molar-refractivity contribution in [3.05, 3.63) is 69.7 Å². The number of anilines is 1. The number of amides is 2. The maximum atomic E-state index is 12.4. The molecule has 0 fully saturated rings. The third kappa shape index (κ3) is 4.34. The lowest BCUT2D eigenvalue weighted by Crippen LogP contribution is -2.23. The number of pyridine rings is 1. The third-order valence-corrected chi connectivity index (χ3v) is 6.34. The predicted octanol–water partition coefficient (Wildman–Crippen LogP) is 3.50. The molecule has 3 aromatic rings. The highest BCUT2D eigenvalue weighted by Crippen LogP contribution is 2.38. The fourth-order valence-electron chi connectivity index (χ4n) is 3.67. The molecule has 2 aromatic heterocycles. The second-order valence-corrected chi connectivity index (χ2v) is 8.35. The number of benzene rings is 1. The fourth-order valence-corrected chi connectivity index (χ4v) is 4.98. The summed E-state index contributed by atoms with van der Waals surface area (Å²) in [4.78, 5) is 42.1. The monoisotopic (exact) mass is 435 g/mol. The van der Waals surface area contributed by atoms with Gasteiger partial charge in [-0.05, 0) is 43.9 Å². The Balaban J connectivity index is 1.40. The Morgan fingerprint density at radius 1 is 1.13 bits per heavy atom. The second-order valence-electron chi connectivity index (χ2n) is 7.25. The van der Waals surface area contributed by atoms with Gasteiger partial charge in [0.05, 0.1) is 22.5 Å². The van der Waals surface area contributed by atoms with E-state index in [0.717, 1.165) is 41.0 Å². The first kappa shape index (κ1) is 20.7. The van der Waals surface area contributed by atoms with Gasteiger partial charge in [0.15, 0.2) is 6.61 Å². The molecular formula is C23H21N3O4S. The Kier molecular flexibility index (Phi) is 5.81. The Morgan fingerprint density at radius 2 is 1.90 bits per heavy atom. The van der Waals surface area contributed by atoms with Gasteiger partial charge in [0.1, 0.15) is 5.00 Å². The van der Waals surface area contributed by atoms with E-state index in [-0.39, 0.29) is 0 Å². The van der Waals surface area contributed by atoms with Crippen LogP contribution in [0.1, 0.15) is 43.3 Å². The summed E-state index contributed by atoms with van der Waals surface area (Å²) in [6.07, 6.45) is 2.63. The number of hydrogen-bond acceptors (Lipinski definition) is 6. The SMILES string of the molecule is Cc1nc(-c2ccccc2)ccc1C(=O)OCC(=O)Nc1sc2c(c1C(N)=O)CCC2. The van der Waals surface area contributed by atoms with Crippen molar-refractivity contribution in [2.24, 2.45) is 5.73 Å². The highest BCUT2D eigenvalue weighted by Gasteiger charge is 2.26. The number of nitrogens with one attached hydrogen (secondary N) is 1. The summed E-state index contributed by atoms with van der Waals surface area (Å²) < 4.78 is 5.16. The number of aryl methyl sites for hydroxylation is 2. The summed E-state index contributed by atoms with van der Waals surface area (Å²) >= 11 is 1.35. The van der Waals surface area contributed by atoms with Gasteiger partial charge in [-0.1, -0.05) is 30.3 Å². The summed E-state index contributed by atoms with van der Waals surface area (Å²) in [5.41, 5.74) is 9.28. The van der Waals surface area contributed by atoms with Crippen LogP contribution in [0.25, 0.3) is 11.3 Å². The van der Waals surface area contributed by atoms with Crippen LogP contribution in [0.15, 0.2) is 42.5 Å². The van der Waals surface area contributed by atoms with Crippen LogP contribution >= 0.6 is 11.3 Å². The first-order chi connectivity index (χ1) is 14.9. The van der Waals surface area contributed by atoms with Crippen LogP contribution in [0, 0.1) is 6.92 Å². The van der Waals surface area contributed by atoms with E-state index in [1.165, 1.54) is 11.3 Å². The quantitative estimate of drug-likeness (QED) is 0.576. The molecule has 7 nitrogen and oxygen atoms in total. The van der Waals surface area contributed by atoms with Crippen LogP contribution in [0.3, 0.4) is 0 Å². The summed E-state index contributed by atoms with van der Waals surface area (Å²) in [5, 5.41) is 3.08. The molecule has 0 radical (unpaired) electrons. The Bertz CT molecular complexity index is 1170. The number of ether oxygens (including phenoxy) is 1. The molecule has 2 heterocycles. The Hall–Kier alpha value is -3.52. The van der Waals surface area contributed by atoms with Crippen LogP contribution < -0.4 is 11.1 Å². The average molecular weight is 436 g/mol. The first-order valence-electron chi connectivity index (χ1n) is 9.88. The molecule has 0 atom stereocenters. The molecule has 2 amide bonds. The lowest BCUT2D eigenvalue weighted by molar-refractivity contribution is -0.119. The largest absolute Gasteiger partial charge is 0.452 e. The van der Waals surface area contributed by atoms with E-state index in [0.29, 0.717) is 21.8 Å². The van der Waals surface area contributed by atoms with E-state index in [2.05, 4.69) is 10.3 Å². The molecule has 0 saturated carbocycles. The van der Waals surface area contributed by atoms with Gasteiger partial charge in [-0.3, -0.25) is 14.6 Å². The van der Waals surface area contributed by atoms with Crippen LogP contribution in [0.5, 0.6) is 0 Å². The lowest BCUT2D eigenvalue weighted by Gasteiger charge is -2.09. The predicted molar refractivity (Wildman–Crippen MR) is 118 cm³/mol. The summed E-state index contributed by atoms with van der Waals surface area (Å²) in [7, 11) is 0. The van der Waals surface area contributed by atoms with Crippen LogP contribution in [-0.4, -0.2) is 29.4 Å². The van der Waals surface area contributed by atoms with Crippen molar-refractivity contribution in [3.63, 3.8) is 0 Å². The molecule has 31 heavy (non-hydrogen) atoms. The van der Waals surface area contributed by atoms with E-state index >= 15 is 0 Å². The molecule has 0 unspecified atom stereocenters. The topological polar surface area (TPSA) is 111 Å². The average Bonchev–Trinajstić information content (AvgIpc) is 3.33. The maximum Gasteiger partial charge on any atom is 0.340 e. The summed E-state index contributed by atoms with van der Waals surface area (Å²) in [5.74, 6) is -1.72. The minimum Gasteiger partial charge on any atom is -0.452 e. The van der Waals surface area contributed by atoms with Gasteiger partial charge in [-0.25, -0.2) is 4.79 Å². The molecular weight excluding hydrogens is 414 g/mol. The number of carbonyl (C=O) groups excluding carboxylic acids is 3. The van der Waals surface area contributed by atoms with Crippen molar-refractivity contribution >= 4 is 34.1 Å². The molecule has 0 bridgehead atoms. The molecule has 8 heteroatoms. The van der Waals surface area contributed by atoms with Crippen LogP contribution in [0.4, 0.5) is 5.00 Å². The standard InChI is InChI=1S/C23H21N3O4S/c1-13-15(10-11-17(25-13)14-6-3-2-4-7-14)23(29)30-12-19(27)26-22-20(21(24)28)16-8-5-9-18(16)31-22/h2-4,6-7,10-11H,5,8-9,12H2,1H3,(H2,24,28)(H,26,27). The normalized spacial score (nSPS) is 12.3. The highest BCUT2D eigenvalue weighted by molar-refractivity contribution is 7.17. The number of hydrogen-bond donors (Lipinski definition) is 2. The number of aromatic nitrogens is 1. The fraction of sp³-hybridized carbons (Fsp3) is 0.217. The molecule has 1 aromatic carbocycles. The zero-order valence-electron chi connectivity index (χ0n) is 16.9. The molecule has 158 valence electrons. The third-order valence-electron chi connectivity index (χ3n) is 5.13. The Labute approximate surface area is 183 Å². The van der Waals surface area contributed by atoms with Crippen molar-refractivity contribution < 1.29 is 19.1 Å². The number of thiophene rings is 1. The molecule has 1 aliphatic carbocycles. The number of fused-ring (bicyclic) bond motifs is 1. The molecule has 0 aliphatic heterocycles. The molecule has 4 rings (SSSR count). The number of esters is 1. The van der Waals surface area contributed by atoms with Crippen molar-refractivity contribution in [1.82, 2.24) is 4.98 Å². The summed E-state index contributed by atoms with van der Waals surface area (Å²) in [6, 6.07) is 13.0. The first-order valence-corrected chi connectivity index (χ1v) is 10.7. The van der Waals surface area contributed by atoms with E-state index in [4.69, 9.17) is 10.5 Å². The number of primary amides is 1.